The van der Waals surface area contributed by atoms with Crippen molar-refractivity contribution in [3.8, 4) is 0 Å². The number of carbonyl (C=O) groups is 2. The SMILES string of the molecule is O=Cc1ccc(C(F)F)c(CCC(=O)O)c1. The van der Waals surface area contributed by atoms with Crippen molar-refractivity contribution in [1.82, 2.24) is 0 Å². The van der Waals surface area contributed by atoms with Crippen LogP contribution in [0.15, 0.2) is 18.2 Å². The summed E-state index contributed by atoms with van der Waals surface area (Å²) >= 11 is 0. The average Bonchev–Trinajstić information content (AvgIpc) is 2.25. The van der Waals surface area contributed by atoms with Crippen molar-refractivity contribution in [2.75, 3.05) is 0 Å². The summed E-state index contributed by atoms with van der Waals surface area (Å²) in [6, 6.07) is 3.75. The van der Waals surface area contributed by atoms with Gasteiger partial charge in [-0.25, -0.2) is 8.78 Å². The molecule has 0 saturated heterocycles. The van der Waals surface area contributed by atoms with Gasteiger partial charge in [-0.1, -0.05) is 12.1 Å². The predicted molar refractivity (Wildman–Crippen MR) is 52.7 cm³/mol. The number of carboxylic acid groups (broad SMARTS) is 1. The Balaban J connectivity index is 3.00. The summed E-state index contributed by atoms with van der Waals surface area (Å²) in [5, 5.41) is 8.47. The van der Waals surface area contributed by atoms with Gasteiger partial charge in [-0.3, -0.25) is 9.59 Å². The predicted octanol–water partition coefficient (Wildman–Crippen LogP) is 2.45. The van der Waals surface area contributed by atoms with Crippen LogP contribution in [0.4, 0.5) is 8.78 Å². The van der Waals surface area contributed by atoms with Crippen LogP contribution in [0.1, 0.15) is 34.3 Å². The molecule has 1 rings (SSSR count). The molecule has 0 saturated carbocycles. The third-order valence-corrected chi connectivity index (χ3v) is 2.15. The number of hydrogen-bond acceptors (Lipinski definition) is 2. The fourth-order valence-corrected chi connectivity index (χ4v) is 1.37. The molecule has 86 valence electrons. The molecule has 1 N–H and O–H groups in total. The van der Waals surface area contributed by atoms with Crippen LogP contribution < -0.4 is 0 Å². The molecule has 0 aliphatic rings. The lowest BCUT2D eigenvalue weighted by atomic mass is 10.0. The van der Waals surface area contributed by atoms with Crippen molar-refractivity contribution >= 4 is 12.3 Å². The minimum Gasteiger partial charge on any atom is -0.481 e. The Morgan fingerprint density at radius 3 is 2.62 bits per heavy atom. The first kappa shape index (κ1) is 12.3. The first-order valence-electron chi connectivity index (χ1n) is 4.62. The number of alkyl halides is 2. The molecule has 0 radical (unpaired) electrons. The van der Waals surface area contributed by atoms with Crippen LogP contribution in [0.5, 0.6) is 0 Å². The van der Waals surface area contributed by atoms with Crippen LogP contribution in [0.2, 0.25) is 0 Å². The molecular weight excluding hydrogens is 218 g/mol. The van der Waals surface area contributed by atoms with Gasteiger partial charge in [0, 0.05) is 17.5 Å². The molecule has 0 unspecified atom stereocenters. The molecule has 5 heteroatoms. The highest BCUT2D eigenvalue weighted by molar-refractivity contribution is 5.75. The van der Waals surface area contributed by atoms with Crippen LogP contribution in [-0.2, 0) is 11.2 Å². The van der Waals surface area contributed by atoms with E-state index in [1.54, 1.807) is 0 Å². The van der Waals surface area contributed by atoms with Crippen LogP contribution in [0.25, 0.3) is 0 Å². The highest BCUT2D eigenvalue weighted by Crippen LogP contribution is 2.24. The minimum absolute atomic E-state index is 0.00329. The van der Waals surface area contributed by atoms with Crippen molar-refractivity contribution < 1.29 is 23.5 Å². The van der Waals surface area contributed by atoms with Gasteiger partial charge >= 0.3 is 5.97 Å². The zero-order valence-corrected chi connectivity index (χ0v) is 8.32. The van der Waals surface area contributed by atoms with E-state index in [-0.39, 0.29) is 29.5 Å². The first-order valence-corrected chi connectivity index (χ1v) is 4.62. The lowest BCUT2D eigenvalue weighted by Crippen LogP contribution is -2.02. The van der Waals surface area contributed by atoms with Gasteiger partial charge in [0.1, 0.15) is 6.29 Å². The van der Waals surface area contributed by atoms with E-state index in [9.17, 15) is 18.4 Å². The number of aliphatic carboxylic acids is 1. The Morgan fingerprint density at radius 2 is 2.12 bits per heavy atom. The monoisotopic (exact) mass is 228 g/mol. The molecule has 1 aromatic rings. The molecule has 16 heavy (non-hydrogen) atoms. The Bertz CT molecular complexity index is 402. The number of carbonyl (C=O) groups excluding carboxylic acids is 1. The zero-order valence-electron chi connectivity index (χ0n) is 8.32. The lowest BCUT2D eigenvalue weighted by molar-refractivity contribution is -0.136. The summed E-state index contributed by atoms with van der Waals surface area (Å²) in [5.41, 5.74) is 0.263. The van der Waals surface area contributed by atoms with Gasteiger partial charge in [0.05, 0.1) is 0 Å². The Kier molecular flexibility index (Phi) is 4.10. The van der Waals surface area contributed by atoms with Crippen molar-refractivity contribution in [3.63, 3.8) is 0 Å². The third kappa shape index (κ3) is 3.12. The Morgan fingerprint density at radius 1 is 1.44 bits per heavy atom. The van der Waals surface area contributed by atoms with Gasteiger partial charge in [0.15, 0.2) is 0 Å². The zero-order chi connectivity index (χ0) is 12.1. The van der Waals surface area contributed by atoms with Gasteiger partial charge < -0.3 is 5.11 Å². The average molecular weight is 228 g/mol. The number of hydrogen-bond donors (Lipinski definition) is 1. The minimum atomic E-state index is -2.66. The van der Waals surface area contributed by atoms with Gasteiger partial charge in [-0.15, -0.1) is 0 Å². The first-order chi connectivity index (χ1) is 7.54. The molecule has 3 nitrogen and oxygen atoms in total. The van der Waals surface area contributed by atoms with E-state index in [4.69, 9.17) is 5.11 Å². The van der Waals surface area contributed by atoms with Gasteiger partial charge in [-0.2, -0.15) is 0 Å². The number of aryl methyl sites for hydroxylation is 1. The Hall–Kier alpha value is -1.78. The molecule has 0 amide bonds. The quantitative estimate of drug-likeness (QED) is 0.787. The van der Waals surface area contributed by atoms with Crippen LogP contribution >= 0.6 is 0 Å². The number of rotatable bonds is 5. The standard InChI is InChI=1S/C11H10F2O3/c12-11(13)9-3-1-7(6-14)5-8(9)2-4-10(15)16/h1,3,5-6,11H,2,4H2,(H,15,16). The molecule has 0 fully saturated rings. The summed E-state index contributed by atoms with van der Waals surface area (Å²) in [6.45, 7) is 0. The number of benzene rings is 1. The maximum absolute atomic E-state index is 12.6. The Labute approximate surface area is 90.7 Å². The van der Waals surface area contributed by atoms with Gasteiger partial charge in [0.2, 0.25) is 0 Å². The van der Waals surface area contributed by atoms with Crippen molar-refractivity contribution in [2.24, 2.45) is 0 Å². The second-order valence-electron chi connectivity index (χ2n) is 3.27. The highest BCUT2D eigenvalue weighted by atomic mass is 19.3. The van der Waals surface area contributed by atoms with Crippen LogP contribution in [0.3, 0.4) is 0 Å². The van der Waals surface area contributed by atoms with Crippen molar-refractivity contribution in [3.05, 3.63) is 34.9 Å². The van der Waals surface area contributed by atoms with E-state index < -0.39 is 12.4 Å². The highest BCUT2D eigenvalue weighted by Gasteiger charge is 2.14. The molecule has 0 heterocycles. The molecule has 0 aliphatic carbocycles. The van der Waals surface area contributed by atoms with Gasteiger partial charge in [0.25, 0.3) is 6.43 Å². The third-order valence-electron chi connectivity index (χ3n) is 2.15. The molecule has 0 aromatic heterocycles. The fraction of sp³-hybridized carbons (Fsp3) is 0.273. The van der Waals surface area contributed by atoms with E-state index in [1.165, 1.54) is 12.1 Å². The second-order valence-corrected chi connectivity index (χ2v) is 3.27. The topological polar surface area (TPSA) is 54.4 Å². The number of aldehydes is 1. The van der Waals surface area contributed by atoms with E-state index in [1.807, 2.05) is 0 Å². The molecule has 0 aliphatic heterocycles. The number of halogens is 2. The van der Waals surface area contributed by atoms with Crippen LogP contribution in [0, 0.1) is 0 Å². The summed E-state index contributed by atoms with van der Waals surface area (Å²) in [6.07, 6.45) is -2.36. The lowest BCUT2D eigenvalue weighted by Gasteiger charge is -2.08. The fourth-order valence-electron chi connectivity index (χ4n) is 1.37. The second kappa shape index (κ2) is 5.34. The molecular formula is C11H10F2O3. The summed E-state index contributed by atoms with van der Waals surface area (Å²) in [5.74, 6) is -1.06. The normalized spacial score (nSPS) is 10.4. The smallest absolute Gasteiger partial charge is 0.303 e. The number of carboxylic acids is 1. The van der Waals surface area contributed by atoms with Crippen molar-refractivity contribution in [1.29, 1.82) is 0 Å². The molecule has 1 aromatic carbocycles. The molecule has 0 bridgehead atoms. The van der Waals surface area contributed by atoms with Crippen molar-refractivity contribution in [2.45, 2.75) is 19.3 Å². The van der Waals surface area contributed by atoms with E-state index >= 15 is 0 Å². The largest absolute Gasteiger partial charge is 0.481 e. The van der Waals surface area contributed by atoms with E-state index in [2.05, 4.69) is 0 Å². The summed E-state index contributed by atoms with van der Waals surface area (Å²) in [7, 11) is 0. The molecule has 0 atom stereocenters. The van der Waals surface area contributed by atoms with E-state index in [0.29, 0.717) is 6.29 Å². The molecule has 0 spiro atoms. The maximum Gasteiger partial charge on any atom is 0.303 e. The van der Waals surface area contributed by atoms with Gasteiger partial charge in [-0.05, 0) is 18.1 Å². The van der Waals surface area contributed by atoms with Crippen LogP contribution in [-0.4, -0.2) is 17.4 Å². The summed E-state index contributed by atoms with van der Waals surface area (Å²) in [4.78, 5) is 20.8. The summed E-state index contributed by atoms with van der Waals surface area (Å²) < 4.78 is 25.1. The van der Waals surface area contributed by atoms with E-state index in [0.717, 1.165) is 6.07 Å². The maximum atomic E-state index is 12.6.